The van der Waals surface area contributed by atoms with Gasteiger partial charge in [0, 0.05) is 37.5 Å². The average Bonchev–Trinajstić information content (AvgIpc) is 3.01. The number of hydrogen-bond donors (Lipinski definition) is 1. The molecule has 0 spiro atoms. The molecule has 1 unspecified atom stereocenters. The Bertz CT molecular complexity index is 578. The molecule has 1 N–H and O–H groups in total. The quantitative estimate of drug-likeness (QED) is 0.908. The molecular weight excluding hydrogens is 238 g/mol. The molecule has 1 aromatic heterocycles. The fourth-order valence-electron chi connectivity index (χ4n) is 2.56. The Hall–Kier alpha value is -2.10. The van der Waals surface area contributed by atoms with Gasteiger partial charge in [-0.25, -0.2) is 0 Å². The number of carbonyl (C=O) groups is 1. The van der Waals surface area contributed by atoms with E-state index in [0.717, 1.165) is 24.2 Å². The molecule has 1 atom stereocenters. The first-order valence-electron chi connectivity index (χ1n) is 6.58. The molecule has 0 amide bonds. The van der Waals surface area contributed by atoms with Gasteiger partial charge in [-0.05, 0) is 24.1 Å². The topological polar surface area (TPSA) is 46.9 Å². The highest BCUT2D eigenvalue weighted by Crippen LogP contribution is 2.26. The molecule has 1 aliphatic heterocycles. The smallest absolute Gasteiger partial charge is 0.155 e. The molecule has 0 bridgehead atoms. The predicted molar refractivity (Wildman–Crippen MR) is 74.1 cm³/mol. The van der Waals surface area contributed by atoms with Crippen molar-refractivity contribution in [1.29, 1.82) is 0 Å². The van der Waals surface area contributed by atoms with E-state index in [1.807, 2.05) is 36.0 Å². The maximum absolute atomic E-state index is 12.2. The molecule has 4 heteroatoms. The number of aryl methyl sites for hydroxylation is 2. The van der Waals surface area contributed by atoms with Crippen LogP contribution in [0.1, 0.15) is 17.7 Å². The Morgan fingerprint density at radius 3 is 3.00 bits per heavy atom. The minimum absolute atomic E-state index is 0.0642. The van der Waals surface area contributed by atoms with Crippen LogP contribution in [0.4, 0.5) is 5.69 Å². The van der Waals surface area contributed by atoms with E-state index in [2.05, 4.69) is 16.5 Å². The first kappa shape index (κ1) is 12.0. The Labute approximate surface area is 112 Å². The molecule has 4 nitrogen and oxygen atoms in total. The second-order valence-electron chi connectivity index (χ2n) is 4.97. The van der Waals surface area contributed by atoms with Gasteiger partial charge in [-0.3, -0.25) is 9.48 Å². The van der Waals surface area contributed by atoms with E-state index in [1.165, 1.54) is 5.56 Å². The van der Waals surface area contributed by atoms with Crippen molar-refractivity contribution in [2.24, 2.45) is 7.05 Å². The largest absolute Gasteiger partial charge is 0.375 e. The highest BCUT2D eigenvalue weighted by Gasteiger charge is 2.25. The molecule has 0 fully saturated rings. The van der Waals surface area contributed by atoms with Gasteiger partial charge in [0.25, 0.3) is 0 Å². The Morgan fingerprint density at radius 2 is 2.26 bits per heavy atom. The maximum Gasteiger partial charge on any atom is 0.155 e. The van der Waals surface area contributed by atoms with Crippen LogP contribution < -0.4 is 5.32 Å². The highest BCUT2D eigenvalue weighted by molar-refractivity contribution is 5.89. The molecule has 0 saturated carbocycles. The van der Waals surface area contributed by atoms with Crippen LogP contribution in [0.15, 0.2) is 36.5 Å². The Kier molecular flexibility index (Phi) is 3.07. The van der Waals surface area contributed by atoms with Crippen molar-refractivity contribution in [3.05, 3.63) is 47.8 Å². The summed E-state index contributed by atoms with van der Waals surface area (Å²) in [5, 5.41) is 7.42. The SMILES string of the molecule is Cn1nccc1CCC(=O)C1Cc2ccccc2N1. The van der Waals surface area contributed by atoms with Crippen LogP contribution in [-0.4, -0.2) is 21.6 Å². The van der Waals surface area contributed by atoms with Crippen molar-refractivity contribution in [2.45, 2.75) is 25.3 Å². The second kappa shape index (κ2) is 4.88. The van der Waals surface area contributed by atoms with Crippen LogP contribution in [0, 0.1) is 0 Å². The molecule has 0 radical (unpaired) electrons. The van der Waals surface area contributed by atoms with Gasteiger partial charge in [0.15, 0.2) is 5.78 Å². The zero-order valence-corrected chi connectivity index (χ0v) is 11.0. The van der Waals surface area contributed by atoms with Crippen LogP contribution in [-0.2, 0) is 24.7 Å². The summed E-state index contributed by atoms with van der Waals surface area (Å²) in [5.74, 6) is 0.275. The summed E-state index contributed by atoms with van der Waals surface area (Å²) in [6, 6.07) is 10.0. The number of aromatic nitrogens is 2. The van der Waals surface area contributed by atoms with E-state index in [4.69, 9.17) is 0 Å². The van der Waals surface area contributed by atoms with Crippen LogP contribution in [0.5, 0.6) is 0 Å². The van der Waals surface area contributed by atoms with Crippen molar-refractivity contribution in [3.8, 4) is 0 Å². The van der Waals surface area contributed by atoms with E-state index in [-0.39, 0.29) is 11.8 Å². The molecule has 3 rings (SSSR count). The highest BCUT2D eigenvalue weighted by atomic mass is 16.1. The zero-order valence-electron chi connectivity index (χ0n) is 11.0. The molecule has 2 aromatic rings. The molecule has 1 aromatic carbocycles. The Morgan fingerprint density at radius 1 is 1.42 bits per heavy atom. The predicted octanol–water partition coefficient (Wildman–Crippen LogP) is 1.96. The molecular formula is C15H17N3O. The van der Waals surface area contributed by atoms with Crippen LogP contribution >= 0.6 is 0 Å². The molecule has 0 aliphatic carbocycles. The third kappa shape index (κ3) is 2.38. The number of ketones is 1. The van der Waals surface area contributed by atoms with Crippen molar-refractivity contribution in [2.75, 3.05) is 5.32 Å². The number of para-hydroxylation sites is 1. The lowest BCUT2D eigenvalue weighted by Crippen LogP contribution is -2.27. The zero-order chi connectivity index (χ0) is 13.2. The lowest BCUT2D eigenvalue weighted by atomic mass is 10.0. The fourth-order valence-corrected chi connectivity index (χ4v) is 2.56. The molecule has 98 valence electrons. The van der Waals surface area contributed by atoms with Crippen LogP contribution in [0.3, 0.4) is 0 Å². The summed E-state index contributed by atoms with van der Waals surface area (Å²) in [6.45, 7) is 0. The van der Waals surface area contributed by atoms with Crippen molar-refractivity contribution < 1.29 is 4.79 Å². The average molecular weight is 255 g/mol. The molecule has 1 aliphatic rings. The molecule has 0 saturated heterocycles. The minimum atomic E-state index is -0.0642. The third-order valence-corrected chi connectivity index (χ3v) is 3.71. The lowest BCUT2D eigenvalue weighted by Gasteiger charge is -2.10. The second-order valence-corrected chi connectivity index (χ2v) is 4.97. The van der Waals surface area contributed by atoms with Crippen molar-refractivity contribution >= 4 is 11.5 Å². The number of anilines is 1. The van der Waals surface area contributed by atoms with Gasteiger partial charge in [0.05, 0.1) is 6.04 Å². The van der Waals surface area contributed by atoms with E-state index in [1.54, 1.807) is 6.20 Å². The maximum atomic E-state index is 12.2. The van der Waals surface area contributed by atoms with E-state index in [9.17, 15) is 4.79 Å². The first-order valence-corrected chi connectivity index (χ1v) is 6.58. The summed E-state index contributed by atoms with van der Waals surface area (Å²) >= 11 is 0. The number of benzene rings is 1. The van der Waals surface area contributed by atoms with E-state index >= 15 is 0 Å². The van der Waals surface area contributed by atoms with Crippen LogP contribution in [0.25, 0.3) is 0 Å². The van der Waals surface area contributed by atoms with Gasteiger partial charge in [-0.2, -0.15) is 5.10 Å². The summed E-state index contributed by atoms with van der Waals surface area (Å²) in [5.41, 5.74) is 3.44. The lowest BCUT2D eigenvalue weighted by molar-refractivity contribution is -0.119. The summed E-state index contributed by atoms with van der Waals surface area (Å²) in [4.78, 5) is 12.2. The number of hydrogen-bond acceptors (Lipinski definition) is 3. The first-order chi connectivity index (χ1) is 9.24. The number of Topliss-reactive ketones (excluding diaryl/α,β-unsaturated/α-hetero) is 1. The normalized spacial score (nSPS) is 17.0. The third-order valence-electron chi connectivity index (χ3n) is 3.71. The van der Waals surface area contributed by atoms with Gasteiger partial charge in [-0.1, -0.05) is 18.2 Å². The molecule has 19 heavy (non-hydrogen) atoms. The van der Waals surface area contributed by atoms with Gasteiger partial charge < -0.3 is 5.32 Å². The number of rotatable bonds is 4. The molecule has 2 heterocycles. The van der Waals surface area contributed by atoms with Gasteiger partial charge in [-0.15, -0.1) is 0 Å². The fraction of sp³-hybridized carbons (Fsp3) is 0.333. The van der Waals surface area contributed by atoms with Crippen LogP contribution in [0.2, 0.25) is 0 Å². The van der Waals surface area contributed by atoms with Gasteiger partial charge in [0.2, 0.25) is 0 Å². The Balaban J connectivity index is 1.60. The van der Waals surface area contributed by atoms with Crippen molar-refractivity contribution in [1.82, 2.24) is 9.78 Å². The van der Waals surface area contributed by atoms with E-state index in [0.29, 0.717) is 6.42 Å². The number of carbonyl (C=O) groups excluding carboxylic acids is 1. The van der Waals surface area contributed by atoms with Gasteiger partial charge in [0.1, 0.15) is 0 Å². The summed E-state index contributed by atoms with van der Waals surface area (Å²) in [7, 11) is 1.91. The van der Waals surface area contributed by atoms with Gasteiger partial charge >= 0.3 is 0 Å². The van der Waals surface area contributed by atoms with Crippen molar-refractivity contribution in [3.63, 3.8) is 0 Å². The summed E-state index contributed by atoms with van der Waals surface area (Å²) in [6.07, 6.45) is 3.89. The summed E-state index contributed by atoms with van der Waals surface area (Å²) < 4.78 is 1.82. The standard InChI is InChI=1S/C15H17N3O/c1-18-12(8-9-16-18)6-7-15(19)14-10-11-4-2-3-5-13(11)17-14/h2-5,8-9,14,17H,6-7,10H2,1H3. The minimum Gasteiger partial charge on any atom is -0.375 e. The number of fused-ring (bicyclic) bond motifs is 1. The number of nitrogens with one attached hydrogen (secondary N) is 1. The van der Waals surface area contributed by atoms with E-state index < -0.39 is 0 Å². The monoisotopic (exact) mass is 255 g/mol. The number of nitrogens with zero attached hydrogens (tertiary/aromatic N) is 2.